The van der Waals surface area contributed by atoms with Crippen molar-refractivity contribution in [2.75, 3.05) is 5.32 Å². The van der Waals surface area contributed by atoms with E-state index >= 15 is 0 Å². The Balaban J connectivity index is 2.46. The Kier molecular flexibility index (Phi) is 1.93. The highest BCUT2D eigenvalue weighted by Gasteiger charge is 2.22. The molecule has 1 nitrogen and oxygen atoms in total. The summed E-state index contributed by atoms with van der Waals surface area (Å²) in [7, 11) is 0. The smallest absolute Gasteiger partial charge is 0.0435 e. The summed E-state index contributed by atoms with van der Waals surface area (Å²) in [5.74, 6) is 0.348. The van der Waals surface area contributed by atoms with E-state index in [2.05, 4.69) is 42.2 Å². The van der Waals surface area contributed by atoms with Crippen molar-refractivity contribution in [2.24, 2.45) is 0 Å². The number of nitrogens with one attached hydrogen (secondary N) is 1. The second kappa shape index (κ2) is 3.09. The molecule has 0 fully saturated rings. The summed E-state index contributed by atoms with van der Waals surface area (Å²) >= 11 is 0. The Labute approximate surface area is 78.8 Å². The SMILES string of the molecule is C=C1Nc2ccccc2C1/C=C\C. The Bertz CT molecular complexity index is 363. The molecule has 1 aliphatic rings. The van der Waals surface area contributed by atoms with Gasteiger partial charge >= 0.3 is 0 Å². The van der Waals surface area contributed by atoms with Gasteiger partial charge in [-0.15, -0.1) is 0 Å². The summed E-state index contributed by atoms with van der Waals surface area (Å²) in [5.41, 5.74) is 3.58. The number of hydrogen-bond donors (Lipinski definition) is 1. The average molecular weight is 171 g/mol. The molecular formula is C12H13N. The average Bonchev–Trinajstić information content (AvgIpc) is 2.44. The molecule has 1 aromatic rings. The molecule has 1 unspecified atom stereocenters. The van der Waals surface area contributed by atoms with Crippen LogP contribution in [0, 0.1) is 0 Å². The summed E-state index contributed by atoms with van der Waals surface area (Å²) < 4.78 is 0. The van der Waals surface area contributed by atoms with E-state index in [-0.39, 0.29) is 0 Å². The van der Waals surface area contributed by atoms with Gasteiger partial charge in [-0.1, -0.05) is 36.9 Å². The van der Waals surface area contributed by atoms with Gasteiger partial charge in [0.2, 0.25) is 0 Å². The third kappa shape index (κ3) is 1.26. The summed E-state index contributed by atoms with van der Waals surface area (Å²) in [4.78, 5) is 0. The fourth-order valence-electron chi connectivity index (χ4n) is 1.73. The fourth-order valence-corrected chi connectivity index (χ4v) is 1.73. The van der Waals surface area contributed by atoms with Crippen molar-refractivity contribution < 1.29 is 0 Å². The molecule has 0 aromatic heterocycles. The van der Waals surface area contributed by atoms with E-state index < -0.39 is 0 Å². The van der Waals surface area contributed by atoms with Crippen LogP contribution in [0.4, 0.5) is 5.69 Å². The van der Waals surface area contributed by atoms with Crippen molar-refractivity contribution in [3.05, 3.63) is 54.3 Å². The molecule has 0 radical (unpaired) electrons. The quantitative estimate of drug-likeness (QED) is 0.639. The molecule has 0 saturated carbocycles. The zero-order valence-corrected chi connectivity index (χ0v) is 7.75. The van der Waals surface area contributed by atoms with E-state index in [1.807, 2.05) is 13.0 Å². The third-order valence-electron chi connectivity index (χ3n) is 2.35. The largest absolute Gasteiger partial charge is 0.358 e. The first-order chi connectivity index (χ1) is 6.33. The number of allylic oxidation sites excluding steroid dienone is 2. The highest BCUT2D eigenvalue weighted by atomic mass is 14.9. The monoisotopic (exact) mass is 171 g/mol. The lowest BCUT2D eigenvalue weighted by atomic mass is 9.99. The molecule has 1 N–H and O–H groups in total. The van der Waals surface area contributed by atoms with Crippen LogP contribution in [0.2, 0.25) is 0 Å². The Morgan fingerprint density at radius 1 is 1.38 bits per heavy atom. The van der Waals surface area contributed by atoms with Crippen LogP contribution in [-0.4, -0.2) is 0 Å². The maximum Gasteiger partial charge on any atom is 0.0435 e. The predicted molar refractivity (Wildman–Crippen MR) is 56.8 cm³/mol. The number of fused-ring (bicyclic) bond motifs is 1. The van der Waals surface area contributed by atoms with E-state index in [9.17, 15) is 0 Å². The van der Waals surface area contributed by atoms with Crippen LogP contribution >= 0.6 is 0 Å². The van der Waals surface area contributed by atoms with Gasteiger partial charge in [0.1, 0.15) is 0 Å². The molecule has 0 aliphatic carbocycles. The lowest BCUT2D eigenvalue weighted by Gasteiger charge is -2.04. The van der Waals surface area contributed by atoms with Gasteiger partial charge in [0.05, 0.1) is 0 Å². The molecule has 1 aliphatic heterocycles. The van der Waals surface area contributed by atoms with Gasteiger partial charge < -0.3 is 5.32 Å². The topological polar surface area (TPSA) is 12.0 Å². The van der Waals surface area contributed by atoms with Crippen LogP contribution in [0.5, 0.6) is 0 Å². The van der Waals surface area contributed by atoms with Crippen molar-refractivity contribution in [2.45, 2.75) is 12.8 Å². The second-order valence-corrected chi connectivity index (χ2v) is 3.24. The van der Waals surface area contributed by atoms with Gasteiger partial charge in [0, 0.05) is 17.3 Å². The molecule has 1 heteroatoms. The summed E-state index contributed by atoms with van der Waals surface area (Å²) in [6, 6.07) is 8.34. The second-order valence-electron chi connectivity index (χ2n) is 3.24. The normalized spacial score (nSPS) is 20.4. The van der Waals surface area contributed by atoms with E-state index in [1.165, 1.54) is 11.3 Å². The Hall–Kier alpha value is -1.50. The van der Waals surface area contributed by atoms with Crippen molar-refractivity contribution >= 4 is 5.69 Å². The van der Waals surface area contributed by atoms with Gasteiger partial charge in [-0.2, -0.15) is 0 Å². The van der Waals surface area contributed by atoms with Crippen LogP contribution in [0.3, 0.4) is 0 Å². The number of hydrogen-bond acceptors (Lipinski definition) is 1. The van der Waals surface area contributed by atoms with Crippen LogP contribution < -0.4 is 5.32 Å². The minimum atomic E-state index is 0.348. The third-order valence-corrected chi connectivity index (χ3v) is 2.35. The molecule has 0 saturated heterocycles. The molecule has 1 atom stereocenters. The fraction of sp³-hybridized carbons (Fsp3) is 0.167. The molecule has 1 heterocycles. The van der Waals surface area contributed by atoms with Gasteiger partial charge in [0.15, 0.2) is 0 Å². The first kappa shape index (κ1) is 8.11. The van der Waals surface area contributed by atoms with E-state index in [4.69, 9.17) is 0 Å². The van der Waals surface area contributed by atoms with E-state index in [0.717, 1.165) is 5.70 Å². The number of anilines is 1. The van der Waals surface area contributed by atoms with Gasteiger partial charge in [-0.3, -0.25) is 0 Å². The maximum absolute atomic E-state index is 4.01. The standard InChI is InChI=1S/C12H13N/c1-3-6-10-9(2)13-12-8-5-4-7-11(10)12/h3-8,10,13H,2H2,1H3/b6-3-. The molecule has 1 aromatic carbocycles. The van der Waals surface area contributed by atoms with Crippen LogP contribution in [0.15, 0.2) is 48.7 Å². The molecule has 0 amide bonds. The lowest BCUT2D eigenvalue weighted by Crippen LogP contribution is -1.94. The summed E-state index contributed by atoms with van der Waals surface area (Å²) in [6.07, 6.45) is 4.24. The lowest BCUT2D eigenvalue weighted by molar-refractivity contribution is 1.06. The minimum absolute atomic E-state index is 0.348. The molecule has 66 valence electrons. The van der Waals surface area contributed by atoms with Crippen molar-refractivity contribution in [1.29, 1.82) is 0 Å². The van der Waals surface area contributed by atoms with Crippen molar-refractivity contribution in [3.63, 3.8) is 0 Å². The van der Waals surface area contributed by atoms with E-state index in [1.54, 1.807) is 0 Å². The Morgan fingerprint density at radius 3 is 2.92 bits per heavy atom. The minimum Gasteiger partial charge on any atom is -0.358 e. The molecule has 0 bridgehead atoms. The Morgan fingerprint density at radius 2 is 2.15 bits per heavy atom. The van der Waals surface area contributed by atoms with E-state index in [0.29, 0.717) is 5.92 Å². The van der Waals surface area contributed by atoms with Crippen LogP contribution in [0.1, 0.15) is 18.4 Å². The number of benzene rings is 1. The molecule has 0 spiro atoms. The number of rotatable bonds is 1. The highest BCUT2D eigenvalue weighted by Crippen LogP contribution is 2.37. The zero-order valence-electron chi connectivity index (χ0n) is 7.75. The van der Waals surface area contributed by atoms with Gasteiger partial charge in [-0.05, 0) is 18.6 Å². The summed E-state index contributed by atoms with van der Waals surface area (Å²) in [6.45, 7) is 6.04. The molecule has 13 heavy (non-hydrogen) atoms. The molecule has 2 rings (SSSR count). The predicted octanol–water partition coefficient (Wildman–Crippen LogP) is 3.29. The maximum atomic E-state index is 4.01. The van der Waals surface area contributed by atoms with Crippen LogP contribution in [0.25, 0.3) is 0 Å². The highest BCUT2D eigenvalue weighted by molar-refractivity contribution is 5.66. The van der Waals surface area contributed by atoms with Crippen molar-refractivity contribution in [1.82, 2.24) is 0 Å². The molecular weight excluding hydrogens is 158 g/mol. The first-order valence-electron chi connectivity index (χ1n) is 4.50. The van der Waals surface area contributed by atoms with Crippen molar-refractivity contribution in [3.8, 4) is 0 Å². The van der Waals surface area contributed by atoms with Gasteiger partial charge in [0.25, 0.3) is 0 Å². The number of para-hydroxylation sites is 1. The first-order valence-corrected chi connectivity index (χ1v) is 4.50. The van der Waals surface area contributed by atoms with Gasteiger partial charge in [-0.25, -0.2) is 0 Å². The zero-order chi connectivity index (χ0) is 9.26. The van der Waals surface area contributed by atoms with Crippen LogP contribution in [-0.2, 0) is 0 Å². The summed E-state index contributed by atoms with van der Waals surface area (Å²) in [5, 5.41) is 3.29.